The minimum atomic E-state index is -0.545. The van der Waals surface area contributed by atoms with Gasteiger partial charge in [-0.05, 0) is 43.9 Å². The number of nitrogens with one attached hydrogen (secondary N) is 1. The van der Waals surface area contributed by atoms with Crippen LogP contribution >= 0.6 is 0 Å². The minimum absolute atomic E-state index is 0.323. The summed E-state index contributed by atoms with van der Waals surface area (Å²) in [5.41, 5.74) is 5.11. The number of rotatable bonds is 3. The summed E-state index contributed by atoms with van der Waals surface area (Å²) < 4.78 is 0. The zero-order valence-electron chi connectivity index (χ0n) is 12.8. The molecule has 1 heterocycles. The first-order valence-electron chi connectivity index (χ1n) is 7.80. The molecule has 0 radical (unpaired) electrons. The molecule has 2 amide bonds. The van der Waals surface area contributed by atoms with Gasteiger partial charge in [-0.2, -0.15) is 0 Å². The Morgan fingerprint density at radius 2 is 1.80 bits per heavy atom. The van der Waals surface area contributed by atoms with E-state index in [9.17, 15) is 9.90 Å². The van der Waals surface area contributed by atoms with Gasteiger partial charge in [-0.3, -0.25) is 0 Å². The number of hydrogen-bond donors (Lipinski definition) is 3. The average molecular weight is 283 g/mol. The van der Waals surface area contributed by atoms with Crippen molar-refractivity contribution in [2.24, 2.45) is 11.1 Å². The normalized spacial score (nSPS) is 26.4. The molecule has 1 aliphatic carbocycles. The zero-order valence-corrected chi connectivity index (χ0v) is 12.8. The number of urea groups is 1. The molecular formula is C15H29N3O2. The number of nitrogens with zero attached hydrogens (tertiary/aromatic N) is 1. The summed E-state index contributed by atoms with van der Waals surface area (Å²) in [5, 5.41) is 14.1. The fraction of sp³-hybridized carbons (Fsp3) is 0.933. The number of primary amides is 1. The topological polar surface area (TPSA) is 78.6 Å². The predicted octanol–water partition coefficient (Wildman–Crippen LogP) is 1.45. The third-order valence-corrected chi connectivity index (χ3v) is 5.06. The highest BCUT2D eigenvalue weighted by atomic mass is 16.3. The van der Waals surface area contributed by atoms with E-state index in [-0.39, 0.29) is 6.03 Å². The van der Waals surface area contributed by atoms with E-state index in [2.05, 4.69) is 19.2 Å². The largest absolute Gasteiger partial charge is 0.389 e. The molecule has 4 N–H and O–H groups in total. The number of carbonyl (C=O) groups is 1. The van der Waals surface area contributed by atoms with Gasteiger partial charge in [0.2, 0.25) is 0 Å². The Kier molecular flexibility index (Phi) is 4.59. The van der Waals surface area contributed by atoms with Gasteiger partial charge < -0.3 is 21.1 Å². The summed E-state index contributed by atoms with van der Waals surface area (Å²) >= 11 is 0. The highest BCUT2D eigenvalue weighted by molar-refractivity contribution is 5.72. The van der Waals surface area contributed by atoms with E-state index in [1.54, 1.807) is 4.90 Å². The van der Waals surface area contributed by atoms with Gasteiger partial charge in [0, 0.05) is 25.7 Å². The van der Waals surface area contributed by atoms with Crippen LogP contribution in [0, 0.1) is 5.41 Å². The van der Waals surface area contributed by atoms with Crippen LogP contribution in [0.5, 0.6) is 0 Å². The lowest BCUT2D eigenvalue weighted by molar-refractivity contribution is -0.0270. The highest BCUT2D eigenvalue weighted by Crippen LogP contribution is 2.39. The Balaban J connectivity index is 1.72. The van der Waals surface area contributed by atoms with Gasteiger partial charge in [-0.25, -0.2) is 4.79 Å². The summed E-state index contributed by atoms with van der Waals surface area (Å²) in [6.45, 7) is 6.67. The van der Waals surface area contributed by atoms with Crippen LogP contribution in [-0.4, -0.2) is 47.3 Å². The molecule has 0 aromatic carbocycles. The maximum Gasteiger partial charge on any atom is 0.314 e. The maximum absolute atomic E-state index is 11.1. The molecule has 0 atom stereocenters. The van der Waals surface area contributed by atoms with Gasteiger partial charge in [0.1, 0.15) is 0 Å². The van der Waals surface area contributed by atoms with Crippen molar-refractivity contribution >= 4 is 6.03 Å². The monoisotopic (exact) mass is 283 g/mol. The van der Waals surface area contributed by atoms with Crippen molar-refractivity contribution < 1.29 is 9.90 Å². The second-order valence-electron chi connectivity index (χ2n) is 7.37. The van der Waals surface area contributed by atoms with E-state index < -0.39 is 5.60 Å². The van der Waals surface area contributed by atoms with Crippen molar-refractivity contribution in [2.45, 2.75) is 64.0 Å². The molecule has 1 saturated heterocycles. The van der Waals surface area contributed by atoms with Gasteiger partial charge in [0.15, 0.2) is 0 Å². The number of hydrogen-bond acceptors (Lipinski definition) is 3. The molecule has 0 spiro atoms. The molecule has 1 saturated carbocycles. The van der Waals surface area contributed by atoms with Crippen LogP contribution in [-0.2, 0) is 0 Å². The van der Waals surface area contributed by atoms with Crippen molar-refractivity contribution in [3.05, 3.63) is 0 Å². The van der Waals surface area contributed by atoms with Crippen molar-refractivity contribution in [2.75, 3.05) is 19.6 Å². The Hall–Kier alpha value is -0.810. The highest BCUT2D eigenvalue weighted by Gasteiger charge is 2.37. The van der Waals surface area contributed by atoms with E-state index in [1.165, 1.54) is 0 Å². The molecule has 2 aliphatic rings. The van der Waals surface area contributed by atoms with Gasteiger partial charge in [-0.1, -0.05) is 13.8 Å². The van der Waals surface area contributed by atoms with Gasteiger partial charge in [0.25, 0.3) is 0 Å². The molecule has 2 rings (SSSR count). The van der Waals surface area contributed by atoms with Crippen LogP contribution in [0.3, 0.4) is 0 Å². The first-order chi connectivity index (χ1) is 9.30. The van der Waals surface area contributed by atoms with Crippen molar-refractivity contribution in [3.63, 3.8) is 0 Å². The van der Waals surface area contributed by atoms with Gasteiger partial charge in [-0.15, -0.1) is 0 Å². The molecule has 2 fully saturated rings. The predicted molar refractivity (Wildman–Crippen MR) is 79.4 cm³/mol. The maximum atomic E-state index is 11.1. The first-order valence-corrected chi connectivity index (χ1v) is 7.80. The molecule has 0 unspecified atom stereocenters. The zero-order chi connectivity index (χ0) is 14.8. The van der Waals surface area contributed by atoms with Crippen LogP contribution in [0.4, 0.5) is 4.79 Å². The van der Waals surface area contributed by atoms with E-state index in [0.29, 0.717) is 18.0 Å². The number of carbonyl (C=O) groups excluding carboxylic acids is 1. The molecule has 1 aliphatic heterocycles. The molecule has 0 bridgehead atoms. The molecule has 0 aromatic rings. The van der Waals surface area contributed by atoms with Gasteiger partial charge in [0.05, 0.1) is 5.60 Å². The summed E-state index contributed by atoms with van der Waals surface area (Å²) in [6.07, 6.45) is 5.78. The van der Waals surface area contributed by atoms with Crippen molar-refractivity contribution in [3.8, 4) is 0 Å². The summed E-state index contributed by atoms with van der Waals surface area (Å²) in [5.74, 6) is 0. The third-order valence-electron chi connectivity index (χ3n) is 5.06. The SMILES string of the molecule is CC1(C)CCC(O)(CNC2CCN(C(N)=O)CC2)CC1. The first kappa shape index (κ1) is 15.6. The third kappa shape index (κ3) is 4.09. The standard InChI is InChI=1S/C15H29N3O2/c1-14(2)5-7-15(20,8-6-14)11-17-12-3-9-18(10-4-12)13(16)19/h12,17,20H,3-11H2,1-2H3,(H2,16,19). The number of piperidine rings is 1. The lowest BCUT2D eigenvalue weighted by Crippen LogP contribution is -2.51. The van der Waals surface area contributed by atoms with Crippen LogP contribution < -0.4 is 11.1 Å². The summed E-state index contributed by atoms with van der Waals surface area (Å²) in [4.78, 5) is 12.8. The quantitative estimate of drug-likeness (QED) is 0.733. The number of nitrogens with two attached hydrogens (primary N) is 1. The second kappa shape index (κ2) is 5.90. The van der Waals surface area contributed by atoms with Crippen LogP contribution in [0.1, 0.15) is 52.4 Å². The van der Waals surface area contributed by atoms with E-state index in [1.807, 2.05) is 0 Å². The summed E-state index contributed by atoms with van der Waals surface area (Å²) in [6, 6.07) is 0.0705. The smallest absolute Gasteiger partial charge is 0.314 e. The fourth-order valence-electron chi connectivity index (χ4n) is 3.21. The lowest BCUT2D eigenvalue weighted by Gasteiger charge is -2.41. The Bertz CT molecular complexity index is 339. The van der Waals surface area contributed by atoms with Gasteiger partial charge >= 0.3 is 6.03 Å². The van der Waals surface area contributed by atoms with Crippen LogP contribution in [0.25, 0.3) is 0 Å². The average Bonchev–Trinajstić information content (AvgIpc) is 2.41. The van der Waals surface area contributed by atoms with E-state index in [0.717, 1.165) is 51.6 Å². The van der Waals surface area contributed by atoms with E-state index in [4.69, 9.17) is 5.73 Å². The Morgan fingerprint density at radius 3 is 2.30 bits per heavy atom. The van der Waals surface area contributed by atoms with E-state index >= 15 is 0 Å². The molecule has 116 valence electrons. The molecule has 5 heteroatoms. The number of aliphatic hydroxyl groups is 1. The van der Waals surface area contributed by atoms with Crippen molar-refractivity contribution in [1.82, 2.24) is 10.2 Å². The number of likely N-dealkylation sites (tertiary alicyclic amines) is 1. The van der Waals surface area contributed by atoms with Crippen LogP contribution in [0.2, 0.25) is 0 Å². The van der Waals surface area contributed by atoms with Crippen molar-refractivity contribution in [1.29, 1.82) is 0 Å². The second-order valence-corrected chi connectivity index (χ2v) is 7.37. The molecule has 5 nitrogen and oxygen atoms in total. The molecular weight excluding hydrogens is 254 g/mol. The minimum Gasteiger partial charge on any atom is -0.389 e. The fourth-order valence-corrected chi connectivity index (χ4v) is 3.21. The summed E-state index contributed by atoms with van der Waals surface area (Å²) in [7, 11) is 0. The molecule has 0 aromatic heterocycles. The molecule has 20 heavy (non-hydrogen) atoms. The van der Waals surface area contributed by atoms with Crippen LogP contribution in [0.15, 0.2) is 0 Å². The Labute approximate surface area is 121 Å². The number of amides is 2. The Morgan fingerprint density at radius 1 is 1.25 bits per heavy atom. The lowest BCUT2D eigenvalue weighted by atomic mass is 9.71.